The lowest BCUT2D eigenvalue weighted by Gasteiger charge is -2.01. The summed E-state index contributed by atoms with van der Waals surface area (Å²) in [4.78, 5) is 21.1. The molecule has 1 N–H and O–H groups in total. The van der Waals surface area contributed by atoms with E-state index < -0.39 is 0 Å². The maximum Gasteiger partial charge on any atom is 0.271 e. The van der Waals surface area contributed by atoms with Crippen LogP contribution in [0, 0.1) is 0 Å². The SMILES string of the molecule is Cn1nc(C(=O)NCCc2nc(-c3ccccn3)cs2)cc1C1CC1. The van der Waals surface area contributed by atoms with Crippen molar-refractivity contribution in [2.45, 2.75) is 25.2 Å². The largest absolute Gasteiger partial charge is 0.350 e. The zero-order chi connectivity index (χ0) is 17.2. The molecule has 0 unspecified atom stereocenters. The summed E-state index contributed by atoms with van der Waals surface area (Å²) >= 11 is 1.59. The number of aromatic nitrogens is 4. The van der Waals surface area contributed by atoms with E-state index in [1.807, 2.05) is 41.4 Å². The summed E-state index contributed by atoms with van der Waals surface area (Å²) in [5, 5.41) is 10.2. The highest BCUT2D eigenvalue weighted by atomic mass is 32.1. The van der Waals surface area contributed by atoms with Gasteiger partial charge in [0.15, 0.2) is 0 Å². The van der Waals surface area contributed by atoms with E-state index in [1.165, 1.54) is 12.8 Å². The highest BCUT2D eigenvalue weighted by Crippen LogP contribution is 2.39. The number of hydrogen-bond acceptors (Lipinski definition) is 5. The molecule has 6 nitrogen and oxygen atoms in total. The quantitative estimate of drug-likeness (QED) is 0.740. The molecule has 0 aliphatic heterocycles. The second-order valence-corrected chi connectivity index (χ2v) is 7.14. The molecule has 1 saturated carbocycles. The number of hydrogen-bond donors (Lipinski definition) is 1. The third-order valence-corrected chi connectivity index (χ3v) is 5.16. The second kappa shape index (κ2) is 6.76. The Bertz CT molecular complexity index is 882. The fourth-order valence-corrected chi connectivity index (χ4v) is 3.58. The van der Waals surface area contributed by atoms with Gasteiger partial charge in [-0.3, -0.25) is 14.5 Å². The van der Waals surface area contributed by atoms with Gasteiger partial charge in [0.25, 0.3) is 5.91 Å². The molecule has 7 heteroatoms. The summed E-state index contributed by atoms with van der Waals surface area (Å²) in [6.45, 7) is 0.545. The van der Waals surface area contributed by atoms with E-state index in [9.17, 15) is 4.79 Å². The molecule has 0 bridgehead atoms. The van der Waals surface area contributed by atoms with Crippen LogP contribution in [-0.4, -0.2) is 32.2 Å². The molecular formula is C18H19N5OS. The fraction of sp³-hybridized carbons (Fsp3) is 0.333. The first-order chi connectivity index (χ1) is 12.2. The van der Waals surface area contributed by atoms with Gasteiger partial charge >= 0.3 is 0 Å². The van der Waals surface area contributed by atoms with E-state index in [0.29, 0.717) is 24.6 Å². The molecule has 25 heavy (non-hydrogen) atoms. The lowest BCUT2D eigenvalue weighted by molar-refractivity contribution is 0.0948. The van der Waals surface area contributed by atoms with Crippen molar-refractivity contribution in [1.29, 1.82) is 0 Å². The second-order valence-electron chi connectivity index (χ2n) is 6.20. The van der Waals surface area contributed by atoms with Crippen LogP contribution in [0.3, 0.4) is 0 Å². The van der Waals surface area contributed by atoms with Crippen molar-refractivity contribution in [3.63, 3.8) is 0 Å². The molecule has 1 aliphatic carbocycles. The summed E-state index contributed by atoms with van der Waals surface area (Å²) in [7, 11) is 1.90. The number of nitrogens with one attached hydrogen (secondary N) is 1. The third kappa shape index (κ3) is 3.61. The Morgan fingerprint density at radius 2 is 2.24 bits per heavy atom. The zero-order valence-electron chi connectivity index (χ0n) is 14.0. The Labute approximate surface area is 149 Å². The lowest BCUT2D eigenvalue weighted by Crippen LogP contribution is -2.26. The number of thiazole rings is 1. The molecule has 0 atom stereocenters. The molecule has 3 aromatic rings. The Kier molecular flexibility index (Phi) is 4.31. The van der Waals surface area contributed by atoms with Gasteiger partial charge in [0.05, 0.1) is 16.4 Å². The molecule has 3 aromatic heterocycles. The predicted molar refractivity (Wildman–Crippen MR) is 96.6 cm³/mol. The molecule has 0 radical (unpaired) electrons. The van der Waals surface area contributed by atoms with Crippen molar-refractivity contribution in [2.24, 2.45) is 7.05 Å². The summed E-state index contributed by atoms with van der Waals surface area (Å²) in [5.41, 5.74) is 3.41. The van der Waals surface area contributed by atoms with Gasteiger partial charge < -0.3 is 5.32 Å². The van der Waals surface area contributed by atoms with Gasteiger partial charge in [0, 0.05) is 43.2 Å². The summed E-state index contributed by atoms with van der Waals surface area (Å²) in [6, 6.07) is 7.69. The highest BCUT2D eigenvalue weighted by molar-refractivity contribution is 7.09. The molecule has 0 spiro atoms. The molecule has 0 saturated heterocycles. The predicted octanol–water partition coefficient (Wildman–Crippen LogP) is 2.79. The minimum atomic E-state index is -0.121. The van der Waals surface area contributed by atoms with Crippen LogP contribution < -0.4 is 5.32 Å². The number of aryl methyl sites for hydroxylation is 1. The highest BCUT2D eigenvalue weighted by Gasteiger charge is 2.28. The van der Waals surface area contributed by atoms with Gasteiger partial charge in [-0.05, 0) is 31.0 Å². The topological polar surface area (TPSA) is 72.7 Å². The van der Waals surface area contributed by atoms with Gasteiger partial charge in [0.1, 0.15) is 5.69 Å². The monoisotopic (exact) mass is 353 g/mol. The van der Waals surface area contributed by atoms with Crippen LogP contribution in [0.25, 0.3) is 11.4 Å². The number of carbonyl (C=O) groups excluding carboxylic acids is 1. The maximum atomic E-state index is 12.3. The first kappa shape index (κ1) is 16.0. The van der Waals surface area contributed by atoms with Crippen molar-refractivity contribution >= 4 is 17.2 Å². The molecule has 1 aliphatic rings. The minimum absolute atomic E-state index is 0.121. The van der Waals surface area contributed by atoms with Crippen molar-refractivity contribution < 1.29 is 4.79 Å². The molecule has 4 rings (SSSR count). The van der Waals surface area contributed by atoms with E-state index >= 15 is 0 Å². The minimum Gasteiger partial charge on any atom is -0.350 e. The number of carbonyl (C=O) groups is 1. The van der Waals surface area contributed by atoms with Crippen LogP contribution in [0.2, 0.25) is 0 Å². The Morgan fingerprint density at radius 3 is 3.00 bits per heavy atom. The lowest BCUT2D eigenvalue weighted by atomic mass is 10.2. The number of rotatable bonds is 6. The summed E-state index contributed by atoms with van der Waals surface area (Å²) < 4.78 is 1.83. The van der Waals surface area contributed by atoms with Gasteiger partial charge in [0.2, 0.25) is 0 Å². The first-order valence-corrected chi connectivity index (χ1v) is 9.26. The number of nitrogens with zero attached hydrogens (tertiary/aromatic N) is 4. The van der Waals surface area contributed by atoms with Gasteiger partial charge in [-0.25, -0.2) is 4.98 Å². The van der Waals surface area contributed by atoms with E-state index in [1.54, 1.807) is 17.5 Å². The molecule has 1 amide bonds. The number of pyridine rings is 1. The number of amides is 1. The standard InChI is InChI=1S/C18H19N5OS/c1-23-16(12-5-6-12)10-14(22-23)18(24)20-9-7-17-21-15(11-25-17)13-4-2-3-8-19-13/h2-4,8,10-12H,5-7,9H2,1H3,(H,20,24). The summed E-state index contributed by atoms with van der Waals surface area (Å²) in [6.07, 6.45) is 4.86. The van der Waals surface area contributed by atoms with Crippen molar-refractivity contribution in [3.8, 4) is 11.4 Å². The zero-order valence-corrected chi connectivity index (χ0v) is 14.8. The van der Waals surface area contributed by atoms with Crippen LogP contribution >= 0.6 is 11.3 Å². The summed E-state index contributed by atoms with van der Waals surface area (Å²) in [5.74, 6) is 0.461. The Morgan fingerprint density at radius 1 is 1.36 bits per heavy atom. The molecule has 128 valence electrons. The van der Waals surface area contributed by atoms with Gasteiger partial charge in [-0.2, -0.15) is 5.10 Å². The van der Waals surface area contributed by atoms with E-state index in [4.69, 9.17) is 0 Å². The van der Waals surface area contributed by atoms with Crippen LogP contribution in [0.15, 0.2) is 35.8 Å². The van der Waals surface area contributed by atoms with Crippen LogP contribution in [-0.2, 0) is 13.5 Å². The molecular weight excluding hydrogens is 334 g/mol. The smallest absolute Gasteiger partial charge is 0.271 e. The molecule has 1 fully saturated rings. The van der Waals surface area contributed by atoms with Gasteiger partial charge in [-0.15, -0.1) is 11.3 Å². The molecule has 0 aromatic carbocycles. The van der Waals surface area contributed by atoms with Crippen LogP contribution in [0.5, 0.6) is 0 Å². The first-order valence-electron chi connectivity index (χ1n) is 8.38. The Balaban J connectivity index is 1.32. The third-order valence-electron chi connectivity index (χ3n) is 4.25. The van der Waals surface area contributed by atoms with Crippen molar-refractivity contribution in [2.75, 3.05) is 6.54 Å². The normalized spacial score (nSPS) is 13.8. The van der Waals surface area contributed by atoms with E-state index in [2.05, 4.69) is 20.4 Å². The maximum absolute atomic E-state index is 12.3. The fourth-order valence-electron chi connectivity index (χ4n) is 2.78. The van der Waals surface area contributed by atoms with Crippen molar-refractivity contribution in [1.82, 2.24) is 25.1 Å². The van der Waals surface area contributed by atoms with Crippen LogP contribution in [0.1, 0.15) is 39.9 Å². The average molecular weight is 353 g/mol. The van der Waals surface area contributed by atoms with Crippen LogP contribution in [0.4, 0.5) is 0 Å². The molecule has 3 heterocycles. The van der Waals surface area contributed by atoms with E-state index in [0.717, 1.165) is 22.1 Å². The average Bonchev–Trinajstić information content (AvgIpc) is 3.23. The Hall–Kier alpha value is -2.54. The van der Waals surface area contributed by atoms with E-state index in [-0.39, 0.29) is 5.91 Å². The van der Waals surface area contributed by atoms with Gasteiger partial charge in [-0.1, -0.05) is 6.07 Å². The van der Waals surface area contributed by atoms with Crippen molar-refractivity contribution in [3.05, 3.63) is 52.2 Å².